The Labute approximate surface area is 122 Å². The Kier molecular flexibility index (Phi) is 6.45. The molecule has 1 rings (SSSR count). The molecule has 0 aliphatic carbocycles. The van der Waals surface area contributed by atoms with Gasteiger partial charge in [-0.3, -0.25) is 4.72 Å². The molecule has 2 N–H and O–H groups in total. The average molecular weight is 299 g/mol. The number of anilines is 1. The maximum atomic E-state index is 12.1. The second-order valence-corrected chi connectivity index (χ2v) is 6.59. The second-order valence-electron chi connectivity index (χ2n) is 4.92. The van der Waals surface area contributed by atoms with E-state index in [1.54, 1.807) is 12.1 Å². The monoisotopic (exact) mass is 299 g/mol. The molecule has 0 unspecified atom stereocenters. The number of hydrogen-bond donors (Lipinski definition) is 2. The van der Waals surface area contributed by atoms with Crippen molar-refractivity contribution < 1.29 is 8.42 Å². The molecule has 0 amide bonds. The van der Waals surface area contributed by atoms with Crippen molar-refractivity contribution in [2.75, 3.05) is 17.8 Å². The molecule has 0 fully saturated rings. The van der Waals surface area contributed by atoms with Crippen molar-refractivity contribution in [1.82, 2.24) is 9.62 Å². The van der Waals surface area contributed by atoms with E-state index in [4.69, 9.17) is 0 Å². The van der Waals surface area contributed by atoms with Gasteiger partial charge in [-0.15, -0.1) is 0 Å². The Balaban J connectivity index is 2.70. The molecule has 114 valence electrons. The lowest BCUT2D eigenvalue weighted by Gasteiger charge is -2.19. The van der Waals surface area contributed by atoms with Gasteiger partial charge < -0.3 is 5.32 Å². The van der Waals surface area contributed by atoms with Gasteiger partial charge in [0, 0.05) is 31.4 Å². The van der Waals surface area contributed by atoms with Crippen molar-refractivity contribution in [3.05, 3.63) is 29.8 Å². The minimum absolute atomic E-state index is 0.427. The fourth-order valence-electron chi connectivity index (χ4n) is 1.79. The molecular weight excluding hydrogens is 274 g/mol. The minimum Gasteiger partial charge on any atom is -0.310 e. The molecule has 0 bridgehead atoms. The molecule has 0 atom stereocenters. The van der Waals surface area contributed by atoms with E-state index in [-0.39, 0.29) is 0 Å². The Bertz CT molecular complexity index is 494. The molecule has 0 aromatic heterocycles. The molecule has 6 heteroatoms. The zero-order chi connectivity index (χ0) is 15.2. The predicted octanol–water partition coefficient (Wildman–Crippen LogP) is 2.18. The third kappa shape index (κ3) is 5.11. The van der Waals surface area contributed by atoms with Crippen LogP contribution in [0, 0.1) is 0 Å². The second kappa shape index (κ2) is 7.61. The SMILES string of the molecule is CCN(CC)S(=O)(=O)Nc1ccc(CNC(C)C)cc1. The smallest absolute Gasteiger partial charge is 0.301 e. The first-order valence-corrected chi connectivity index (χ1v) is 8.43. The molecular formula is C14H25N3O2S. The van der Waals surface area contributed by atoms with Crippen LogP contribution in [0.2, 0.25) is 0 Å². The lowest BCUT2D eigenvalue weighted by atomic mass is 10.2. The summed E-state index contributed by atoms with van der Waals surface area (Å²) in [5, 5.41) is 3.32. The van der Waals surface area contributed by atoms with Crippen LogP contribution in [0.15, 0.2) is 24.3 Å². The quantitative estimate of drug-likeness (QED) is 0.773. The number of hydrogen-bond acceptors (Lipinski definition) is 3. The topological polar surface area (TPSA) is 61.4 Å². The molecule has 0 aliphatic rings. The van der Waals surface area contributed by atoms with Gasteiger partial charge in [0.05, 0.1) is 0 Å². The number of benzene rings is 1. The lowest BCUT2D eigenvalue weighted by Crippen LogP contribution is -2.35. The maximum absolute atomic E-state index is 12.1. The Morgan fingerprint density at radius 2 is 1.65 bits per heavy atom. The molecule has 0 saturated heterocycles. The summed E-state index contributed by atoms with van der Waals surface area (Å²) in [7, 11) is -3.45. The van der Waals surface area contributed by atoms with E-state index in [0.717, 1.165) is 12.1 Å². The zero-order valence-corrected chi connectivity index (χ0v) is 13.5. The number of nitrogens with zero attached hydrogens (tertiary/aromatic N) is 1. The fraction of sp³-hybridized carbons (Fsp3) is 0.571. The molecule has 0 radical (unpaired) electrons. The zero-order valence-electron chi connectivity index (χ0n) is 12.7. The molecule has 0 heterocycles. The van der Waals surface area contributed by atoms with Gasteiger partial charge in [-0.2, -0.15) is 12.7 Å². The summed E-state index contributed by atoms with van der Waals surface area (Å²) in [4.78, 5) is 0. The van der Waals surface area contributed by atoms with Crippen LogP contribution in [0.25, 0.3) is 0 Å². The summed E-state index contributed by atoms with van der Waals surface area (Å²) in [5.41, 5.74) is 1.72. The molecule has 1 aromatic rings. The van der Waals surface area contributed by atoms with E-state index >= 15 is 0 Å². The van der Waals surface area contributed by atoms with Gasteiger partial charge in [0.15, 0.2) is 0 Å². The Hall–Kier alpha value is -1.11. The van der Waals surface area contributed by atoms with Crippen LogP contribution >= 0.6 is 0 Å². The summed E-state index contributed by atoms with van der Waals surface area (Å²) >= 11 is 0. The Morgan fingerprint density at radius 1 is 1.10 bits per heavy atom. The van der Waals surface area contributed by atoms with E-state index in [2.05, 4.69) is 23.9 Å². The van der Waals surface area contributed by atoms with Crippen molar-refractivity contribution in [3.63, 3.8) is 0 Å². The van der Waals surface area contributed by atoms with Crippen molar-refractivity contribution in [2.45, 2.75) is 40.3 Å². The van der Waals surface area contributed by atoms with E-state index in [1.165, 1.54) is 4.31 Å². The van der Waals surface area contributed by atoms with Gasteiger partial charge in [0.25, 0.3) is 0 Å². The summed E-state index contributed by atoms with van der Waals surface area (Å²) in [6.07, 6.45) is 0. The van der Waals surface area contributed by atoms with E-state index < -0.39 is 10.2 Å². The van der Waals surface area contributed by atoms with Gasteiger partial charge in [0.2, 0.25) is 0 Å². The van der Waals surface area contributed by atoms with E-state index in [1.807, 2.05) is 26.0 Å². The van der Waals surface area contributed by atoms with Gasteiger partial charge >= 0.3 is 10.2 Å². The fourth-order valence-corrected chi connectivity index (χ4v) is 3.03. The normalized spacial score (nSPS) is 12.1. The molecule has 0 aliphatic heterocycles. The molecule has 0 saturated carbocycles. The molecule has 5 nitrogen and oxygen atoms in total. The number of nitrogens with one attached hydrogen (secondary N) is 2. The Morgan fingerprint density at radius 3 is 2.10 bits per heavy atom. The largest absolute Gasteiger partial charge is 0.310 e. The van der Waals surface area contributed by atoms with Crippen LogP contribution in [0.5, 0.6) is 0 Å². The molecule has 0 spiro atoms. The highest BCUT2D eigenvalue weighted by molar-refractivity contribution is 7.90. The van der Waals surface area contributed by atoms with Crippen LogP contribution in [0.3, 0.4) is 0 Å². The van der Waals surface area contributed by atoms with Crippen molar-refractivity contribution in [2.24, 2.45) is 0 Å². The van der Waals surface area contributed by atoms with Gasteiger partial charge in [0.1, 0.15) is 0 Å². The van der Waals surface area contributed by atoms with Crippen LogP contribution in [0.1, 0.15) is 33.3 Å². The first-order chi connectivity index (χ1) is 9.39. The van der Waals surface area contributed by atoms with Crippen LogP contribution in [-0.4, -0.2) is 31.9 Å². The van der Waals surface area contributed by atoms with Crippen molar-refractivity contribution in [3.8, 4) is 0 Å². The van der Waals surface area contributed by atoms with Crippen LogP contribution < -0.4 is 10.0 Å². The van der Waals surface area contributed by atoms with Crippen molar-refractivity contribution >= 4 is 15.9 Å². The lowest BCUT2D eigenvalue weighted by molar-refractivity contribution is 0.449. The first kappa shape index (κ1) is 16.9. The summed E-state index contributed by atoms with van der Waals surface area (Å²) in [5.74, 6) is 0. The van der Waals surface area contributed by atoms with E-state index in [0.29, 0.717) is 24.8 Å². The average Bonchev–Trinajstić information content (AvgIpc) is 2.38. The summed E-state index contributed by atoms with van der Waals surface area (Å²) in [6.45, 7) is 9.52. The van der Waals surface area contributed by atoms with Crippen molar-refractivity contribution in [1.29, 1.82) is 0 Å². The minimum atomic E-state index is -3.45. The predicted molar refractivity (Wildman–Crippen MR) is 83.9 cm³/mol. The number of rotatable bonds is 8. The molecule has 20 heavy (non-hydrogen) atoms. The maximum Gasteiger partial charge on any atom is 0.301 e. The highest BCUT2D eigenvalue weighted by Gasteiger charge is 2.17. The summed E-state index contributed by atoms with van der Waals surface area (Å²) in [6, 6.07) is 7.86. The highest BCUT2D eigenvalue weighted by Crippen LogP contribution is 2.13. The van der Waals surface area contributed by atoms with Crippen LogP contribution in [0.4, 0.5) is 5.69 Å². The third-order valence-electron chi connectivity index (χ3n) is 2.96. The molecule has 1 aromatic carbocycles. The third-order valence-corrected chi connectivity index (χ3v) is 4.65. The van der Waals surface area contributed by atoms with Crippen LogP contribution in [-0.2, 0) is 16.8 Å². The van der Waals surface area contributed by atoms with Gasteiger partial charge in [-0.1, -0.05) is 39.8 Å². The van der Waals surface area contributed by atoms with Gasteiger partial charge in [-0.05, 0) is 17.7 Å². The first-order valence-electron chi connectivity index (χ1n) is 6.99. The standard InChI is InChI=1S/C14H25N3O2S/c1-5-17(6-2)20(18,19)16-14-9-7-13(8-10-14)11-15-12(3)4/h7-10,12,15-16H,5-6,11H2,1-4H3. The van der Waals surface area contributed by atoms with Gasteiger partial charge in [-0.25, -0.2) is 0 Å². The summed E-state index contributed by atoms with van der Waals surface area (Å²) < 4.78 is 28.1. The highest BCUT2D eigenvalue weighted by atomic mass is 32.2. The van der Waals surface area contributed by atoms with E-state index in [9.17, 15) is 8.42 Å².